The van der Waals surface area contributed by atoms with Crippen LogP contribution in [-0.2, 0) is 5.67 Å². The number of anilines is 2. The van der Waals surface area contributed by atoms with Gasteiger partial charge in [-0.3, -0.25) is 9.59 Å². The van der Waals surface area contributed by atoms with Gasteiger partial charge in [0.25, 0.3) is 11.8 Å². The Hall–Kier alpha value is -4.25. The Morgan fingerprint density at radius 2 is 1.74 bits per heavy atom. The van der Waals surface area contributed by atoms with Crippen molar-refractivity contribution in [1.29, 1.82) is 5.26 Å². The van der Waals surface area contributed by atoms with Crippen LogP contribution in [0.2, 0.25) is 0 Å². The maximum Gasteiger partial charge on any atom is 0.257 e. The van der Waals surface area contributed by atoms with Crippen molar-refractivity contribution >= 4 is 23.3 Å². The number of nitriles is 1. The Balaban J connectivity index is 1.47. The van der Waals surface area contributed by atoms with Crippen molar-refractivity contribution in [2.75, 3.05) is 23.7 Å². The van der Waals surface area contributed by atoms with Gasteiger partial charge < -0.3 is 15.5 Å². The minimum atomic E-state index is -1.54. The van der Waals surface area contributed by atoms with E-state index in [9.17, 15) is 9.59 Å². The number of benzene rings is 2. The lowest BCUT2D eigenvalue weighted by atomic mass is 9.85. The number of carbonyl (C=O) groups excluding carboxylic acids is 2. The summed E-state index contributed by atoms with van der Waals surface area (Å²) in [6.45, 7) is 8.23. The van der Waals surface area contributed by atoms with Gasteiger partial charge in [-0.1, -0.05) is 18.2 Å². The molecule has 2 N–H and O–H groups in total. The highest BCUT2D eigenvalue weighted by atomic mass is 19.1. The monoisotopic (exact) mass is 513 g/mol. The maximum absolute atomic E-state index is 15.7. The molecule has 4 rings (SSSR count). The number of piperidine rings is 1. The number of alkyl halides is 1. The average molecular weight is 514 g/mol. The van der Waals surface area contributed by atoms with E-state index in [1.165, 1.54) is 6.20 Å². The lowest BCUT2D eigenvalue weighted by Gasteiger charge is -2.37. The van der Waals surface area contributed by atoms with Crippen molar-refractivity contribution in [1.82, 2.24) is 9.88 Å². The zero-order valence-corrected chi connectivity index (χ0v) is 22.1. The van der Waals surface area contributed by atoms with Gasteiger partial charge in [-0.15, -0.1) is 0 Å². The van der Waals surface area contributed by atoms with E-state index in [1.54, 1.807) is 47.4 Å². The number of amides is 2. The first kappa shape index (κ1) is 26.8. The van der Waals surface area contributed by atoms with E-state index in [0.717, 1.165) is 5.56 Å². The number of aromatic nitrogens is 1. The van der Waals surface area contributed by atoms with Crippen molar-refractivity contribution in [2.45, 2.75) is 52.2 Å². The number of nitrogens with zero attached hydrogens (tertiary/aromatic N) is 3. The van der Waals surface area contributed by atoms with Crippen LogP contribution in [0.25, 0.3) is 0 Å². The molecule has 1 aliphatic rings. The minimum absolute atomic E-state index is 0.174. The highest BCUT2D eigenvalue weighted by Gasteiger charge is 2.38. The van der Waals surface area contributed by atoms with Crippen LogP contribution in [0, 0.1) is 25.2 Å². The number of hydrogen-bond acceptors (Lipinski definition) is 5. The molecule has 2 heterocycles. The fourth-order valence-corrected chi connectivity index (χ4v) is 4.77. The molecule has 38 heavy (non-hydrogen) atoms. The van der Waals surface area contributed by atoms with Crippen LogP contribution in [0.3, 0.4) is 0 Å². The third-order valence-corrected chi connectivity index (χ3v) is 6.97. The Morgan fingerprint density at radius 1 is 1.05 bits per heavy atom. The Morgan fingerprint density at radius 3 is 2.32 bits per heavy atom. The van der Waals surface area contributed by atoms with Crippen molar-refractivity contribution in [3.05, 3.63) is 88.1 Å². The van der Waals surface area contributed by atoms with Gasteiger partial charge in [0, 0.05) is 49.4 Å². The highest BCUT2D eigenvalue weighted by molar-refractivity contribution is 6.06. The van der Waals surface area contributed by atoms with Crippen LogP contribution in [0.5, 0.6) is 0 Å². The number of halogens is 1. The standard InChI is InChI=1S/C30H32FN5O2/c1-19(2)34-26-12-8-23(18-33-26)28(37)35-25-11-5-20(3)27(21(25)4)29(38)36-15-13-30(31,14-16-36)24-9-6-22(17-32)7-10-24/h5-12,18-19H,13-16H2,1-4H3,(H,33,34)(H,35,37). The summed E-state index contributed by atoms with van der Waals surface area (Å²) in [5.41, 5.74) is 2.40. The molecule has 0 bridgehead atoms. The summed E-state index contributed by atoms with van der Waals surface area (Å²) in [5.74, 6) is 0.194. The van der Waals surface area contributed by atoms with E-state index >= 15 is 4.39 Å². The number of carbonyl (C=O) groups is 2. The normalized spacial score (nSPS) is 14.6. The van der Waals surface area contributed by atoms with Gasteiger partial charge >= 0.3 is 0 Å². The second-order valence-corrected chi connectivity index (χ2v) is 10.1. The summed E-state index contributed by atoms with van der Waals surface area (Å²) in [7, 11) is 0. The van der Waals surface area contributed by atoms with Crippen molar-refractivity contribution in [2.24, 2.45) is 0 Å². The molecule has 7 nitrogen and oxygen atoms in total. The number of likely N-dealkylation sites (tertiary alicyclic amines) is 1. The molecule has 0 saturated carbocycles. The molecular weight excluding hydrogens is 481 g/mol. The quantitative estimate of drug-likeness (QED) is 0.438. The molecule has 1 aliphatic heterocycles. The smallest absolute Gasteiger partial charge is 0.257 e. The number of rotatable bonds is 6. The van der Waals surface area contributed by atoms with E-state index in [0.29, 0.717) is 39.3 Å². The summed E-state index contributed by atoms with van der Waals surface area (Å²) >= 11 is 0. The van der Waals surface area contributed by atoms with Crippen molar-refractivity contribution in [3.63, 3.8) is 0 Å². The Kier molecular flexibility index (Phi) is 7.77. The van der Waals surface area contributed by atoms with E-state index in [-0.39, 0.29) is 43.8 Å². The molecule has 1 saturated heterocycles. The molecule has 0 atom stereocenters. The Labute approximate surface area is 222 Å². The first-order valence-corrected chi connectivity index (χ1v) is 12.7. The van der Waals surface area contributed by atoms with Gasteiger partial charge in [-0.05, 0) is 74.7 Å². The summed E-state index contributed by atoms with van der Waals surface area (Å²) in [6, 6.07) is 15.9. The largest absolute Gasteiger partial charge is 0.368 e. The average Bonchev–Trinajstić information content (AvgIpc) is 2.90. The van der Waals surface area contributed by atoms with Crippen LogP contribution >= 0.6 is 0 Å². The third kappa shape index (κ3) is 5.67. The van der Waals surface area contributed by atoms with Crippen LogP contribution in [-0.4, -0.2) is 40.8 Å². The molecule has 8 heteroatoms. The Bertz CT molecular complexity index is 1370. The maximum atomic E-state index is 15.7. The molecular formula is C30H32FN5O2. The molecule has 1 aromatic heterocycles. The number of nitrogens with one attached hydrogen (secondary N) is 2. The predicted molar refractivity (Wildman–Crippen MR) is 146 cm³/mol. The number of pyridine rings is 1. The van der Waals surface area contributed by atoms with Crippen LogP contribution in [0.1, 0.15) is 69.7 Å². The number of hydrogen-bond donors (Lipinski definition) is 2. The van der Waals surface area contributed by atoms with E-state index in [4.69, 9.17) is 5.26 Å². The summed E-state index contributed by atoms with van der Waals surface area (Å²) < 4.78 is 15.7. The van der Waals surface area contributed by atoms with Crippen LogP contribution in [0.4, 0.5) is 15.9 Å². The third-order valence-electron chi connectivity index (χ3n) is 6.97. The highest BCUT2D eigenvalue weighted by Crippen LogP contribution is 2.38. The molecule has 0 unspecified atom stereocenters. The first-order valence-electron chi connectivity index (χ1n) is 12.7. The lowest BCUT2D eigenvalue weighted by molar-refractivity contribution is 0.0420. The van der Waals surface area contributed by atoms with Gasteiger partial charge in [0.2, 0.25) is 0 Å². The molecule has 1 fully saturated rings. The molecule has 0 aliphatic carbocycles. The molecule has 0 spiro atoms. The van der Waals surface area contributed by atoms with Gasteiger partial charge in [0.05, 0.1) is 17.2 Å². The van der Waals surface area contributed by atoms with Gasteiger partial charge in [-0.25, -0.2) is 9.37 Å². The topological polar surface area (TPSA) is 98.1 Å². The number of aryl methyl sites for hydroxylation is 1. The summed E-state index contributed by atoms with van der Waals surface area (Å²) in [5, 5.41) is 15.1. The SMILES string of the molecule is Cc1ccc(NC(=O)c2ccc(NC(C)C)nc2)c(C)c1C(=O)N1CCC(F)(c2ccc(C#N)cc2)CC1. The fraction of sp³-hybridized carbons (Fsp3) is 0.333. The molecule has 2 aromatic carbocycles. The van der Waals surface area contributed by atoms with Crippen LogP contribution in [0.15, 0.2) is 54.7 Å². The summed E-state index contributed by atoms with van der Waals surface area (Å²) in [4.78, 5) is 32.4. The fourth-order valence-electron chi connectivity index (χ4n) is 4.77. The lowest BCUT2D eigenvalue weighted by Crippen LogP contribution is -2.43. The van der Waals surface area contributed by atoms with E-state index in [2.05, 4.69) is 15.6 Å². The summed E-state index contributed by atoms with van der Waals surface area (Å²) in [6.07, 6.45) is 1.86. The van der Waals surface area contributed by atoms with Crippen molar-refractivity contribution in [3.8, 4) is 6.07 Å². The van der Waals surface area contributed by atoms with E-state index < -0.39 is 5.67 Å². The molecule has 196 valence electrons. The van der Waals surface area contributed by atoms with E-state index in [1.807, 2.05) is 39.8 Å². The van der Waals surface area contributed by atoms with Gasteiger partial charge in [0.1, 0.15) is 11.5 Å². The zero-order valence-electron chi connectivity index (χ0n) is 22.1. The van der Waals surface area contributed by atoms with Crippen molar-refractivity contribution < 1.29 is 14.0 Å². The minimum Gasteiger partial charge on any atom is -0.368 e. The molecule has 3 aromatic rings. The second kappa shape index (κ2) is 11.0. The van der Waals surface area contributed by atoms with Crippen LogP contribution < -0.4 is 10.6 Å². The first-order chi connectivity index (χ1) is 18.1. The molecule has 0 radical (unpaired) electrons. The second-order valence-electron chi connectivity index (χ2n) is 10.1. The predicted octanol–water partition coefficient (Wildman–Crippen LogP) is 5.74. The molecule has 2 amide bonds. The zero-order chi connectivity index (χ0) is 27.4. The van der Waals surface area contributed by atoms with Gasteiger partial charge in [-0.2, -0.15) is 5.26 Å². The van der Waals surface area contributed by atoms with Gasteiger partial charge in [0.15, 0.2) is 0 Å².